The smallest absolute Gasteiger partial charge is 0.233 e. The van der Waals surface area contributed by atoms with Gasteiger partial charge in [0.15, 0.2) is 0 Å². The van der Waals surface area contributed by atoms with Crippen molar-refractivity contribution in [2.24, 2.45) is 0 Å². The van der Waals surface area contributed by atoms with Crippen molar-refractivity contribution in [2.45, 2.75) is 38.2 Å². The summed E-state index contributed by atoms with van der Waals surface area (Å²) in [4.78, 5) is 18.6. The molecule has 2 heterocycles. The summed E-state index contributed by atoms with van der Waals surface area (Å²) in [5.41, 5.74) is 1.94. The standard InChI is InChI=1S/C20H24N2O2S/c1-20(2,3)24-17-9-7-15(8-10-17)19-22(18(23)14-25-19)13-11-16-6-4-5-12-21-16/h4-10,12,19H,11,13-14H2,1-3H3. The Balaban J connectivity index is 1.68. The van der Waals surface area contributed by atoms with Crippen LogP contribution in [0.2, 0.25) is 0 Å². The third-order valence-electron chi connectivity index (χ3n) is 3.89. The molecule has 0 spiro atoms. The van der Waals surface area contributed by atoms with Gasteiger partial charge in [-0.2, -0.15) is 0 Å². The Morgan fingerprint density at radius 2 is 1.96 bits per heavy atom. The molecule has 1 unspecified atom stereocenters. The number of pyridine rings is 1. The molecule has 1 saturated heterocycles. The van der Waals surface area contributed by atoms with Gasteiger partial charge in [-0.05, 0) is 50.6 Å². The summed E-state index contributed by atoms with van der Waals surface area (Å²) in [6.07, 6.45) is 2.57. The number of rotatable bonds is 5. The van der Waals surface area contributed by atoms with Gasteiger partial charge < -0.3 is 9.64 Å². The quantitative estimate of drug-likeness (QED) is 0.810. The fraction of sp³-hybridized carbons (Fsp3) is 0.400. The van der Waals surface area contributed by atoms with E-state index in [1.54, 1.807) is 18.0 Å². The summed E-state index contributed by atoms with van der Waals surface area (Å²) < 4.78 is 5.88. The van der Waals surface area contributed by atoms with Crippen LogP contribution in [0.1, 0.15) is 37.4 Å². The lowest BCUT2D eigenvalue weighted by Crippen LogP contribution is -2.30. The second-order valence-corrected chi connectivity index (χ2v) is 8.17. The van der Waals surface area contributed by atoms with Crippen LogP contribution >= 0.6 is 11.8 Å². The normalized spacial score (nSPS) is 17.8. The summed E-state index contributed by atoms with van der Waals surface area (Å²) in [6.45, 7) is 6.79. The molecule has 1 aliphatic heterocycles. The molecular weight excluding hydrogens is 332 g/mol. The molecule has 132 valence electrons. The van der Waals surface area contributed by atoms with Gasteiger partial charge in [0.05, 0.1) is 5.75 Å². The Bertz CT molecular complexity index is 711. The van der Waals surface area contributed by atoms with Gasteiger partial charge in [0, 0.05) is 24.9 Å². The lowest BCUT2D eigenvalue weighted by molar-refractivity contribution is -0.128. The predicted molar refractivity (Wildman–Crippen MR) is 102 cm³/mol. The van der Waals surface area contributed by atoms with E-state index in [0.717, 1.165) is 23.4 Å². The number of nitrogens with zero attached hydrogens (tertiary/aromatic N) is 2. The van der Waals surface area contributed by atoms with Gasteiger partial charge in [0.2, 0.25) is 5.91 Å². The van der Waals surface area contributed by atoms with Crippen LogP contribution < -0.4 is 4.74 Å². The largest absolute Gasteiger partial charge is 0.488 e. The van der Waals surface area contributed by atoms with Gasteiger partial charge in [-0.15, -0.1) is 11.8 Å². The van der Waals surface area contributed by atoms with E-state index in [4.69, 9.17) is 4.74 Å². The topological polar surface area (TPSA) is 42.4 Å². The van der Waals surface area contributed by atoms with Crippen LogP contribution in [-0.2, 0) is 11.2 Å². The number of thioether (sulfide) groups is 1. The average Bonchev–Trinajstić information content (AvgIpc) is 2.94. The SMILES string of the molecule is CC(C)(C)Oc1ccc(C2SCC(=O)N2CCc2ccccn2)cc1. The molecule has 0 aliphatic carbocycles. The van der Waals surface area contributed by atoms with Gasteiger partial charge in [-0.3, -0.25) is 9.78 Å². The van der Waals surface area contributed by atoms with E-state index < -0.39 is 0 Å². The van der Waals surface area contributed by atoms with E-state index in [2.05, 4.69) is 17.1 Å². The van der Waals surface area contributed by atoms with Crippen molar-refractivity contribution in [3.05, 3.63) is 59.9 Å². The first-order chi connectivity index (χ1) is 11.9. The van der Waals surface area contributed by atoms with Crippen molar-refractivity contribution in [1.29, 1.82) is 0 Å². The summed E-state index contributed by atoms with van der Waals surface area (Å²) >= 11 is 1.68. The Morgan fingerprint density at radius 1 is 1.20 bits per heavy atom. The van der Waals surface area contributed by atoms with E-state index in [0.29, 0.717) is 12.3 Å². The molecule has 1 aromatic carbocycles. The second kappa shape index (κ2) is 7.48. The third kappa shape index (κ3) is 4.75. The number of carbonyl (C=O) groups excluding carboxylic acids is 1. The molecule has 1 amide bonds. The van der Waals surface area contributed by atoms with Gasteiger partial charge in [0.1, 0.15) is 16.7 Å². The van der Waals surface area contributed by atoms with E-state index in [1.165, 1.54) is 0 Å². The van der Waals surface area contributed by atoms with E-state index >= 15 is 0 Å². The van der Waals surface area contributed by atoms with Gasteiger partial charge >= 0.3 is 0 Å². The molecule has 0 saturated carbocycles. The third-order valence-corrected chi connectivity index (χ3v) is 5.15. The summed E-state index contributed by atoms with van der Waals surface area (Å²) in [7, 11) is 0. The zero-order valence-corrected chi connectivity index (χ0v) is 15.8. The van der Waals surface area contributed by atoms with Crippen LogP contribution in [-0.4, -0.2) is 33.7 Å². The fourth-order valence-corrected chi connectivity index (χ4v) is 4.03. The minimum absolute atomic E-state index is 0.0694. The zero-order chi connectivity index (χ0) is 17.9. The maximum atomic E-state index is 12.3. The molecule has 4 nitrogen and oxygen atoms in total. The van der Waals surface area contributed by atoms with Gasteiger partial charge in [-0.25, -0.2) is 0 Å². The maximum Gasteiger partial charge on any atom is 0.233 e. The van der Waals surface area contributed by atoms with Crippen LogP contribution in [0.5, 0.6) is 5.75 Å². The number of aromatic nitrogens is 1. The molecule has 2 aromatic rings. The van der Waals surface area contributed by atoms with Crippen LogP contribution in [0, 0.1) is 0 Å². The first kappa shape index (κ1) is 17.8. The van der Waals surface area contributed by atoms with Crippen LogP contribution in [0.4, 0.5) is 0 Å². The highest BCUT2D eigenvalue weighted by Gasteiger charge is 2.32. The molecule has 1 fully saturated rings. The molecule has 0 N–H and O–H groups in total. The van der Waals surface area contributed by atoms with Crippen molar-refractivity contribution >= 4 is 17.7 Å². The molecular formula is C20H24N2O2S. The average molecular weight is 356 g/mol. The van der Waals surface area contributed by atoms with E-state index in [-0.39, 0.29) is 16.9 Å². The maximum absolute atomic E-state index is 12.3. The van der Waals surface area contributed by atoms with Crippen molar-refractivity contribution < 1.29 is 9.53 Å². The highest BCUT2D eigenvalue weighted by molar-refractivity contribution is 8.00. The second-order valence-electron chi connectivity index (χ2n) is 7.11. The summed E-state index contributed by atoms with van der Waals surface area (Å²) in [6, 6.07) is 14.0. The first-order valence-electron chi connectivity index (χ1n) is 8.52. The summed E-state index contributed by atoms with van der Waals surface area (Å²) in [5.74, 6) is 1.58. The number of hydrogen-bond donors (Lipinski definition) is 0. The Hall–Kier alpha value is -2.01. The minimum Gasteiger partial charge on any atom is -0.488 e. The molecule has 3 rings (SSSR count). The van der Waals surface area contributed by atoms with Crippen LogP contribution in [0.25, 0.3) is 0 Å². The highest BCUT2D eigenvalue weighted by Crippen LogP contribution is 2.39. The highest BCUT2D eigenvalue weighted by atomic mass is 32.2. The zero-order valence-electron chi connectivity index (χ0n) is 14.9. The monoisotopic (exact) mass is 356 g/mol. The molecule has 0 bridgehead atoms. The number of ether oxygens (including phenoxy) is 1. The van der Waals surface area contributed by atoms with Gasteiger partial charge in [0.25, 0.3) is 0 Å². The molecule has 1 aliphatic rings. The molecule has 5 heteroatoms. The number of carbonyl (C=O) groups is 1. The van der Waals surface area contributed by atoms with Crippen LogP contribution in [0.3, 0.4) is 0 Å². The van der Waals surface area contributed by atoms with E-state index in [9.17, 15) is 4.79 Å². The van der Waals surface area contributed by atoms with Crippen molar-refractivity contribution in [2.75, 3.05) is 12.3 Å². The van der Waals surface area contributed by atoms with Crippen molar-refractivity contribution in [3.63, 3.8) is 0 Å². The molecule has 1 aromatic heterocycles. The van der Waals surface area contributed by atoms with Crippen LogP contribution in [0.15, 0.2) is 48.7 Å². The van der Waals surface area contributed by atoms with Gasteiger partial charge in [-0.1, -0.05) is 18.2 Å². The lowest BCUT2D eigenvalue weighted by Gasteiger charge is -2.25. The Kier molecular flexibility index (Phi) is 5.33. The Labute approximate surface area is 153 Å². The number of amides is 1. The Morgan fingerprint density at radius 3 is 2.60 bits per heavy atom. The summed E-state index contributed by atoms with van der Waals surface area (Å²) in [5, 5.41) is 0.0694. The predicted octanol–water partition coefficient (Wildman–Crippen LogP) is 4.08. The van der Waals surface area contributed by atoms with Crippen molar-refractivity contribution in [1.82, 2.24) is 9.88 Å². The number of hydrogen-bond acceptors (Lipinski definition) is 4. The fourth-order valence-electron chi connectivity index (χ4n) is 2.81. The van der Waals surface area contributed by atoms with E-state index in [1.807, 2.05) is 56.0 Å². The molecule has 1 atom stereocenters. The number of benzene rings is 1. The minimum atomic E-state index is -0.214. The van der Waals surface area contributed by atoms with Crippen molar-refractivity contribution in [3.8, 4) is 5.75 Å². The molecule has 25 heavy (non-hydrogen) atoms. The lowest BCUT2D eigenvalue weighted by atomic mass is 10.1. The molecule has 0 radical (unpaired) electrons. The first-order valence-corrected chi connectivity index (χ1v) is 9.57.